The van der Waals surface area contributed by atoms with Crippen LogP contribution < -0.4 is 11.1 Å². The van der Waals surface area contributed by atoms with Crippen LogP contribution in [0.1, 0.15) is 29.9 Å². The Hall–Kier alpha value is -2.11. The van der Waals surface area contributed by atoms with Crippen molar-refractivity contribution in [3.63, 3.8) is 0 Å². The first-order chi connectivity index (χ1) is 8.36. The number of oxime groups is 1. The number of aromatic nitrogens is 1. The van der Waals surface area contributed by atoms with E-state index in [1.54, 1.807) is 26.0 Å². The van der Waals surface area contributed by atoms with Crippen molar-refractivity contribution < 1.29 is 10.0 Å². The number of amidine groups is 1. The third kappa shape index (κ3) is 3.44. The number of carbonyl (C=O) groups excluding carboxylic acids is 1. The predicted molar refractivity (Wildman–Crippen MR) is 68.5 cm³/mol. The van der Waals surface area contributed by atoms with Crippen molar-refractivity contribution in [3.8, 4) is 0 Å². The molecule has 0 bridgehead atoms. The molecule has 0 aliphatic heterocycles. The quantitative estimate of drug-likeness (QED) is 0.320. The number of carbonyl (C=O) groups is 1. The minimum Gasteiger partial charge on any atom is -0.409 e. The van der Waals surface area contributed by atoms with E-state index in [1.807, 2.05) is 6.92 Å². The fourth-order valence-corrected chi connectivity index (χ4v) is 1.23. The third-order valence-corrected chi connectivity index (χ3v) is 2.67. The fourth-order valence-electron chi connectivity index (χ4n) is 1.23. The zero-order valence-electron chi connectivity index (χ0n) is 10.8. The highest BCUT2D eigenvalue weighted by atomic mass is 16.4. The van der Waals surface area contributed by atoms with Crippen molar-refractivity contribution in [2.24, 2.45) is 16.3 Å². The summed E-state index contributed by atoms with van der Waals surface area (Å²) >= 11 is 0. The summed E-state index contributed by atoms with van der Waals surface area (Å²) in [5.74, 6) is -0.161. The Kier molecular flexibility index (Phi) is 4.25. The summed E-state index contributed by atoms with van der Waals surface area (Å²) < 4.78 is 0. The normalized spacial score (nSPS) is 12.3. The third-order valence-electron chi connectivity index (χ3n) is 2.67. The van der Waals surface area contributed by atoms with Crippen molar-refractivity contribution in [1.82, 2.24) is 10.3 Å². The summed E-state index contributed by atoms with van der Waals surface area (Å²) in [7, 11) is 0. The minimum atomic E-state index is -0.609. The van der Waals surface area contributed by atoms with Gasteiger partial charge in [-0.3, -0.25) is 9.78 Å². The highest BCUT2D eigenvalue weighted by Crippen LogP contribution is 2.13. The van der Waals surface area contributed by atoms with Crippen LogP contribution in [-0.4, -0.2) is 28.5 Å². The van der Waals surface area contributed by atoms with Crippen LogP contribution >= 0.6 is 0 Å². The number of nitrogens with two attached hydrogens (primary N) is 1. The summed E-state index contributed by atoms with van der Waals surface area (Å²) in [4.78, 5) is 15.9. The molecular formula is C12H18N4O2. The molecule has 0 atom stereocenters. The zero-order valence-corrected chi connectivity index (χ0v) is 10.8. The van der Waals surface area contributed by atoms with E-state index in [0.717, 1.165) is 5.69 Å². The van der Waals surface area contributed by atoms with Crippen LogP contribution in [0.3, 0.4) is 0 Å². The summed E-state index contributed by atoms with van der Waals surface area (Å²) in [6.45, 7) is 5.67. The molecule has 0 saturated heterocycles. The largest absolute Gasteiger partial charge is 0.409 e. The van der Waals surface area contributed by atoms with Gasteiger partial charge >= 0.3 is 0 Å². The lowest BCUT2D eigenvalue weighted by molar-refractivity contribution is 0.0944. The molecule has 1 heterocycles. The van der Waals surface area contributed by atoms with Gasteiger partial charge in [0.2, 0.25) is 0 Å². The van der Waals surface area contributed by atoms with Gasteiger partial charge in [-0.05, 0) is 19.1 Å². The van der Waals surface area contributed by atoms with Gasteiger partial charge < -0.3 is 16.3 Å². The molecule has 0 saturated carbocycles. The van der Waals surface area contributed by atoms with Crippen molar-refractivity contribution in [1.29, 1.82) is 0 Å². The Morgan fingerprint density at radius 3 is 2.72 bits per heavy atom. The number of rotatable bonds is 4. The topological polar surface area (TPSA) is 101 Å². The van der Waals surface area contributed by atoms with Gasteiger partial charge in [-0.2, -0.15) is 0 Å². The van der Waals surface area contributed by atoms with Crippen LogP contribution in [0.4, 0.5) is 0 Å². The lowest BCUT2D eigenvalue weighted by Gasteiger charge is -2.23. The number of amides is 1. The summed E-state index contributed by atoms with van der Waals surface area (Å²) in [5.41, 5.74) is 6.26. The van der Waals surface area contributed by atoms with E-state index in [0.29, 0.717) is 5.56 Å². The molecule has 0 aliphatic rings. The average molecular weight is 250 g/mol. The molecule has 0 radical (unpaired) electrons. The molecule has 1 aromatic heterocycles. The molecule has 18 heavy (non-hydrogen) atoms. The molecule has 0 spiro atoms. The van der Waals surface area contributed by atoms with Gasteiger partial charge in [0.1, 0.15) is 5.84 Å². The SMILES string of the molecule is Cc1ccc(C(=O)NCC(C)(C)/C(N)=N/O)cn1. The van der Waals surface area contributed by atoms with Crippen molar-refractivity contribution in [3.05, 3.63) is 29.6 Å². The van der Waals surface area contributed by atoms with Crippen LogP contribution in [0.2, 0.25) is 0 Å². The van der Waals surface area contributed by atoms with Gasteiger partial charge in [-0.15, -0.1) is 0 Å². The first-order valence-electron chi connectivity index (χ1n) is 5.55. The number of pyridine rings is 1. The molecule has 1 rings (SSSR count). The van der Waals surface area contributed by atoms with Gasteiger partial charge in [0, 0.05) is 23.9 Å². The maximum Gasteiger partial charge on any atom is 0.252 e. The summed E-state index contributed by atoms with van der Waals surface area (Å²) in [6.07, 6.45) is 1.52. The summed E-state index contributed by atoms with van der Waals surface area (Å²) in [6, 6.07) is 3.47. The van der Waals surface area contributed by atoms with E-state index in [-0.39, 0.29) is 18.3 Å². The summed E-state index contributed by atoms with van der Waals surface area (Å²) in [5, 5.41) is 14.3. The molecule has 1 amide bonds. The van der Waals surface area contributed by atoms with E-state index in [1.165, 1.54) is 6.20 Å². The molecule has 0 aliphatic carbocycles. The van der Waals surface area contributed by atoms with Gasteiger partial charge in [0.15, 0.2) is 0 Å². The van der Waals surface area contributed by atoms with Gasteiger partial charge in [0.05, 0.1) is 5.56 Å². The maximum atomic E-state index is 11.8. The first-order valence-corrected chi connectivity index (χ1v) is 5.55. The molecule has 6 nitrogen and oxygen atoms in total. The molecule has 6 heteroatoms. The standard InChI is InChI=1S/C12H18N4O2/c1-8-4-5-9(6-14-8)10(17)15-7-12(2,3)11(13)16-18/h4-6,18H,7H2,1-3H3,(H2,13,16)(H,15,17). The number of nitrogens with zero attached hydrogens (tertiary/aromatic N) is 2. The molecule has 0 unspecified atom stereocenters. The number of nitrogens with one attached hydrogen (secondary N) is 1. The number of hydrogen-bond acceptors (Lipinski definition) is 4. The first kappa shape index (κ1) is 14.0. The zero-order chi connectivity index (χ0) is 13.8. The fraction of sp³-hybridized carbons (Fsp3) is 0.417. The van der Waals surface area contributed by atoms with E-state index in [9.17, 15) is 4.79 Å². The monoisotopic (exact) mass is 250 g/mol. The van der Waals surface area contributed by atoms with Gasteiger partial charge in [0.25, 0.3) is 5.91 Å². The molecule has 0 aromatic carbocycles. The Morgan fingerprint density at radius 2 is 2.22 bits per heavy atom. The van der Waals surface area contributed by atoms with Gasteiger partial charge in [-0.25, -0.2) is 0 Å². The van der Waals surface area contributed by atoms with Crippen molar-refractivity contribution in [2.75, 3.05) is 6.54 Å². The van der Waals surface area contributed by atoms with E-state index < -0.39 is 5.41 Å². The number of aryl methyl sites for hydroxylation is 1. The predicted octanol–water partition coefficient (Wildman–Crippen LogP) is 0.892. The molecule has 4 N–H and O–H groups in total. The lowest BCUT2D eigenvalue weighted by Crippen LogP contribution is -2.42. The van der Waals surface area contributed by atoms with Crippen LogP contribution in [0.5, 0.6) is 0 Å². The Balaban J connectivity index is 2.64. The molecule has 1 aromatic rings. The Labute approximate surface area is 106 Å². The van der Waals surface area contributed by atoms with E-state index in [2.05, 4.69) is 15.5 Å². The Bertz CT molecular complexity index is 452. The molecule has 98 valence electrons. The van der Waals surface area contributed by atoms with Crippen LogP contribution in [0.15, 0.2) is 23.5 Å². The van der Waals surface area contributed by atoms with Crippen LogP contribution in [0.25, 0.3) is 0 Å². The van der Waals surface area contributed by atoms with Crippen molar-refractivity contribution >= 4 is 11.7 Å². The second-order valence-corrected chi connectivity index (χ2v) is 4.74. The molecular weight excluding hydrogens is 232 g/mol. The van der Waals surface area contributed by atoms with Crippen LogP contribution in [-0.2, 0) is 0 Å². The highest BCUT2D eigenvalue weighted by molar-refractivity contribution is 5.94. The average Bonchev–Trinajstić information content (AvgIpc) is 2.35. The Morgan fingerprint density at radius 1 is 1.56 bits per heavy atom. The minimum absolute atomic E-state index is 0.0739. The smallest absolute Gasteiger partial charge is 0.252 e. The lowest BCUT2D eigenvalue weighted by atomic mass is 9.92. The van der Waals surface area contributed by atoms with E-state index >= 15 is 0 Å². The van der Waals surface area contributed by atoms with Crippen LogP contribution in [0, 0.1) is 12.3 Å². The van der Waals surface area contributed by atoms with Crippen molar-refractivity contribution in [2.45, 2.75) is 20.8 Å². The molecule has 0 fully saturated rings. The second kappa shape index (κ2) is 5.48. The maximum absolute atomic E-state index is 11.8. The van der Waals surface area contributed by atoms with E-state index in [4.69, 9.17) is 10.9 Å². The highest BCUT2D eigenvalue weighted by Gasteiger charge is 2.24. The second-order valence-electron chi connectivity index (χ2n) is 4.74. The van der Waals surface area contributed by atoms with Gasteiger partial charge in [-0.1, -0.05) is 19.0 Å². The number of hydrogen-bond donors (Lipinski definition) is 3.